The maximum Gasteiger partial charge on any atom is 0.160 e. The van der Waals surface area contributed by atoms with Crippen LogP contribution < -0.4 is 4.74 Å². The Balaban J connectivity index is 1.04. The molecule has 2 heterocycles. The van der Waals surface area contributed by atoms with Gasteiger partial charge in [-0.1, -0.05) is 152 Å². The summed E-state index contributed by atoms with van der Waals surface area (Å²) in [6, 6.07) is 71.9. The van der Waals surface area contributed by atoms with Gasteiger partial charge in [0.25, 0.3) is 0 Å². The maximum atomic E-state index is 10.1. The van der Waals surface area contributed by atoms with Crippen LogP contribution in [0, 0.1) is 11.3 Å². The minimum absolute atomic E-state index is 0.636. The van der Waals surface area contributed by atoms with E-state index < -0.39 is 5.41 Å². The number of para-hydroxylation sites is 2. The number of nitriles is 1. The van der Waals surface area contributed by atoms with Gasteiger partial charge >= 0.3 is 0 Å². The van der Waals surface area contributed by atoms with E-state index in [0.717, 1.165) is 89.6 Å². The van der Waals surface area contributed by atoms with E-state index >= 15 is 0 Å². The highest BCUT2D eigenvalue weighted by Gasteiger charge is 2.51. The van der Waals surface area contributed by atoms with Gasteiger partial charge in [0, 0.05) is 27.8 Å². The molecule has 0 amide bonds. The zero-order valence-corrected chi connectivity index (χ0v) is 31.3. The van der Waals surface area contributed by atoms with Crippen LogP contribution in [0.1, 0.15) is 27.8 Å². The fourth-order valence-electron chi connectivity index (χ4n) is 8.95. The van der Waals surface area contributed by atoms with Gasteiger partial charge in [0.05, 0.1) is 28.4 Å². The number of ether oxygens (including phenoxy) is 1. The van der Waals surface area contributed by atoms with Gasteiger partial charge in [0.2, 0.25) is 0 Å². The molecule has 0 bridgehead atoms. The molecular weight excluding hydrogens is 707 g/mol. The Morgan fingerprint density at radius 2 is 0.862 bits per heavy atom. The zero-order valence-electron chi connectivity index (χ0n) is 31.3. The van der Waals surface area contributed by atoms with Crippen molar-refractivity contribution < 1.29 is 4.74 Å². The summed E-state index contributed by atoms with van der Waals surface area (Å²) < 4.78 is 6.56. The van der Waals surface area contributed by atoms with Gasteiger partial charge in [-0.15, -0.1) is 0 Å². The van der Waals surface area contributed by atoms with E-state index in [9.17, 15) is 5.26 Å². The summed E-state index contributed by atoms with van der Waals surface area (Å²) in [6.07, 6.45) is 0. The predicted octanol–water partition coefficient (Wildman–Crippen LogP) is 13.2. The zero-order chi connectivity index (χ0) is 38.6. The highest BCUT2D eigenvalue weighted by Crippen LogP contribution is 2.62. The van der Waals surface area contributed by atoms with Crippen LogP contribution in [0.2, 0.25) is 0 Å². The van der Waals surface area contributed by atoms with Gasteiger partial charge in [0.15, 0.2) is 5.82 Å². The van der Waals surface area contributed by atoms with E-state index in [0.29, 0.717) is 11.4 Å². The molecule has 9 aromatic rings. The summed E-state index contributed by atoms with van der Waals surface area (Å²) in [5.74, 6) is 2.34. The molecule has 1 aromatic heterocycles. The topological polar surface area (TPSA) is 58.8 Å². The first-order valence-electron chi connectivity index (χ1n) is 19.4. The largest absolute Gasteiger partial charge is 0.457 e. The SMILES string of the molecule is N#Cc1ccc2c(c1)C1(c3ccccc3Oc3ccccc31)c1cc(-c3cccc(-c4cccc(-c5cc(-c6ccccc6)nc(-c6ccccc6)n5)c4)c3)ccc1-2. The van der Waals surface area contributed by atoms with Crippen molar-refractivity contribution in [2.75, 3.05) is 0 Å². The second-order valence-electron chi connectivity index (χ2n) is 14.8. The first-order valence-corrected chi connectivity index (χ1v) is 19.4. The normalized spacial score (nSPS) is 12.7. The number of nitrogens with zero attached hydrogens (tertiary/aromatic N) is 3. The number of hydrogen-bond donors (Lipinski definition) is 0. The predicted molar refractivity (Wildman–Crippen MR) is 231 cm³/mol. The minimum atomic E-state index is -0.667. The lowest BCUT2D eigenvalue weighted by Gasteiger charge is -2.39. The third-order valence-corrected chi connectivity index (χ3v) is 11.6. The van der Waals surface area contributed by atoms with Crippen LogP contribution in [0.3, 0.4) is 0 Å². The van der Waals surface area contributed by atoms with Gasteiger partial charge < -0.3 is 4.74 Å². The van der Waals surface area contributed by atoms with Gasteiger partial charge in [-0.05, 0) is 93.0 Å². The van der Waals surface area contributed by atoms with Crippen LogP contribution in [0.25, 0.3) is 67.3 Å². The molecule has 0 atom stereocenters. The number of aromatic nitrogens is 2. The Kier molecular flexibility index (Phi) is 7.74. The number of fused-ring (bicyclic) bond motifs is 9. The highest BCUT2D eigenvalue weighted by molar-refractivity contribution is 5.91. The Bertz CT molecular complexity index is 3010. The highest BCUT2D eigenvalue weighted by atomic mass is 16.5. The van der Waals surface area contributed by atoms with Gasteiger partial charge in [0.1, 0.15) is 11.5 Å². The van der Waals surface area contributed by atoms with Crippen LogP contribution in [0.4, 0.5) is 0 Å². The molecule has 0 fully saturated rings. The van der Waals surface area contributed by atoms with Gasteiger partial charge in [-0.25, -0.2) is 9.97 Å². The van der Waals surface area contributed by atoms with E-state index in [1.807, 2.05) is 66.7 Å². The lowest BCUT2D eigenvalue weighted by molar-refractivity contribution is 0.436. The van der Waals surface area contributed by atoms with Crippen molar-refractivity contribution in [2.45, 2.75) is 5.41 Å². The van der Waals surface area contributed by atoms with E-state index in [-0.39, 0.29) is 0 Å². The first-order chi connectivity index (χ1) is 28.7. The molecule has 11 rings (SSSR count). The molecule has 1 aliphatic heterocycles. The van der Waals surface area contributed by atoms with E-state index in [4.69, 9.17) is 14.7 Å². The summed E-state index contributed by atoms with van der Waals surface area (Å²) in [5, 5.41) is 10.1. The van der Waals surface area contributed by atoms with Crippen LogP contribution in [-0.4, -0.2) is 9.97 Å². The van der Waals surface area contributed by atoms with Crippen molar-refractivity contribution in [2.24, 2.45) is 0 Å². The Labute approximate surface area is 337 Å². The molecule has 270 valence electrons. The van der Waals surface area contributed by atoms with Crippen molar-refractivity contribution in [3.05, 3.63) is 228 Å². The second-order valence-corrected chi connectivity index (χ2v) is 14.8. The van der Waals surface area contributed by atoms with Crippen LogP contribution >= 0.6 is 0 Å². The Morgan fingerprint density at radius 3 is 1.50 bits per heavy atom. The van der Waals surface area contributed by atoms with Crippen molar-refractivity contribution in [1.82, 2.24) is 9.97 Å². The third kappa shape index (κ3) is 5.29. The Hall–Kier alpha value is -7.87. The number of benzene rings is 8. The molecule has 8 aromatic carbocycles. The van der Waals surface area contributed by atoms with Crippen LogP contribution in [-0.2, 0) is 5.41 Å². The van der Waals surface area contributed by atoms with E-state index in [1.165, 1.54) is 5.56 Å². The van der Waals surface area contributed by atoms with Crippen molar-refractivity contribution >= 4 is 0 Å². The molecule has 1 spiro atoms. The minimum Gasteiger partial charge on any atom is -0.457 e. The molecule has 0 radical (unpaired) electrons. The van der Waals surface area contributed by atoms with Crippen molar-refractivity contribution in [1.29, 1.82) is 5.26 Å². The number of hydrogen-bond acceptors (Lipinski definition) is 4. The fraction of sp³-hybridized carbons (Fsp3) is 0.0185. The van der Waals surface area contributed by atoms with Crippen molar-refractivity contribution in [3.63, 3.8) is 0 Å². The summed E-state index contributed by atoms with van der Waals surface area (Å²) in [5.41, 5.74) is 15.9. The maximum absolute atomic E-state index is 10.1. The van der Waals surface area contributed by atoms with Crippen LogP contribution in [0.5, 0.6) is 11.5 Å². The molecule has 0 unspecified atom stereocenters. The van der Waals surface area contributed by atoms with Gasteiger partial charge in [-0.3, -0.25) is 0 Å². The van der Waals surface area contributed by atoms with Gasteiger partial charge in [-0.2, -0.15) is 5.26 Å². The van der Waals surface area contributed by atoms with E-state index in [1.54, 1.807) is 0 Å². The molecule has 1 aliphatic carbocycles. The average molecular weight is 740 g/mol. The standard InChI is InChI=1S/C54H33N3O/c55-34-35-25-27-43-44-28-26-41(32-48(44)54(47(43)29-35)45-21-7-9-23-51(45)58-52-24-10-8-22-46(52)54)39-18-11-17-38(30-39)40-19-12-20-42(31-40)50-33-49(36-13-3-1-4-14-36)56-53(57-50)37-15-5-2-6-16-37/h1-33H. The lowest BCUT2D eigenvalue weighted by Crippen LogP contribution is -2.32. The lowest BCUT2D eigenvalue weighted by atomic mass is 9.65. The smallest absolute Gasteiger partial charge is 0.160 e. The number of rotatable bonds is 5. The first kappa shape index (κ1) is 33.5. The Morgan fingerprint density at radius 1 is 0.379 bits per heavy atom. The molecule has 0 saturated heterocycles. The molecule has 0 N–H and O–H groups in total. The molecule has 0 saturated carbocycles. The summed E-state index contributed by atoms with van der Waals surface area (Å²) in [7, 11) is 0. The summed E-state index contributed by atoms with van der Waals surface area (Å²) >= 11 is 0. The molecule has 2 aliphatic rings. The summed E-state index contributed by atoms with van der Waals surface area (Å²) in [4.78, 5) is 10.1. The summed E-state index contributed by atoms with van der Waals surface area (Å²) in [6.45, 7) is 0. The monoisotopic (exact) mass is 739 g/mol. The molecule has 4 heteroatoms. The van der Waals surface area contributed by atoms with Crippen LogP contribution in [0.15, 0.2) is 200 Å². The third-order valence-electron chi connectivity index (χ3n) is 11.6. The van der Waals surface area contributed by atoms with Crippen molar-refractivity contribution in [3.8, 4) is 84.9 Å². The molecule has 4 nitrogen and oxygen atoms in total. The second kappa shape index (κ2) is 13.4. The quantitative estimate of drug-likeness (QED) is 0.176. The fourth-order valence-corrected chi connectivity index (χ4v) is 8.95. The van der Waals surface area contributed by atoms with E-state index in [2.05, 4.69) is 140 Å². The molecular formula is C54H33N3O. The molecule has 58 heavy (non-hydrogen) atoms. The average Bonchev–Trinajstić information content (AvgIpc) is 3.58.